The summed E-state index contributed by atoms with van der Waals surface area (Å²) in [6.45, 7) is 0. The van der Waals surface area contributed by atoms with Crippen LogP contribution in [-0.4, -0.2) is 9.55 Å². The zero-order valence-electron chi connectivity index (χ0n) is 30.7. The molecule has 266 valence electrons. The molecule has 0 atom stereocenters. The second-order valence-corrected chi connectivity index (χ2v) is 14.7. The van der Waals surface area contributed by atoms with Gasteiger partial charge in [-0.3, -0.25) is 4.57 Å². The molecule has 57 heavy (non-hydrogen) atoms. The van der Waals surface area contributed by atoms with E-state index in [9.17, 15) is 0 Å². The molecule has 0 amide bonds. The number of para-hydroxylation sites is 4. The van der Waals surface area contributed by atoms with Crippen molar-refractivity contribution in [2.75, 3.05) is 0 Å². The third kappa shape index (κ3) is 5.04. The van der Waals surface area contributed by atoms with Gasteiger partial charge < -0.3 is 8.83 Å². The van der Waals surface area contributed by atoms with E-state index in [1.807, 2.05) is 30.3 Å². The Balaban J connectivity index is 0.949. The first-order valence-corrected chi connectivity index (χ1v) is 19.3. The maximum absolute atomic E-state index is 6.59. The molecule has 4 heteroatoms. The summed E-state index contributed by atoms with van der Waals surface area (Å²) in [5.41, 5.74) is 14.4. The van der Waals surface area contributed by atoms with E-state index < -0.39 is 0 Å². The fourth-order valence-electron chi connectivity index (χ4n) is 8.62. The first-order valence-electron chi connectivity index (χ1n) is 19.3. The molecule has 9 aromatic carbocycles. The van der Waals surface area contributed by atoms with Crippen molar-refractivity contribution in [1.82, 2.24) is 9.55 Å². The molecule has 0 aliphatic heterocycles. The molecule has 4 nitrogen and oxygen atoms in total. The summed E-state index contributed by atoms with van der Waals surface area (Å²) >= 11 is 0. The van der Waals surface area contributed by atoms with E-state index in [2.05, 4.69) is 168 Å². The lowest BCUT2D eigenvalue weighted by Crippen LogP contribution is -1.98. The van der Waals surface area contributed by atoms with Crippen LogP contribution in [0.3, 0.4) is 0 Å². The maximum atomic E-state index is 6.59. The Morgan fingerprint density at radius 2 is 0.982 bits per heavy atom. The van der Waals surface area contributed by atoms with Crippen molar-refractivity contribution in [2.45, 2.75) is 0 Å². The Kier molecular flexibility index (Phi) is 6.89. The fraction of sp³-hybridized carbons (Fsp3) is 0. The van der Waals surface area contributed by atoms with Crippen LogP contribution in [-0.2, 0) is 0 Å². The highest BCUT2D eigenvalue weighted by Crippen LogP contribution is 2.44. The summed E-state index contributed by atoms with van der Waals surface area (Å²) in [7, 11) is 0. The molecular formula is C53H32N2O2. The van der Waals surface area contributed by atoms with Gasteiger partial charge in [0.2, 0.25) is 0 Å². The Hall–Kier alpha value is -7.69. The highest BCUT2D eigenvalue weighted by atomic mass is 16.3. The molecule has 0 N–H and O–H groups in total. The van der Waals surface area contributed by atoms with Gasteiger partial charge >= 0.3 is 0 Å². The molecule has 12 aromatic rings. The Labute approximate surface area is 327 Å². The summed E-state index contributed by atoms with van der Waals surface area (Å²) < 4.78 is 15.4. The van der Waals surface area contributed by atoms with Crippen molar-refractivity contribution in [3.63, 3.8) is 0 Å². The third-order valence-electron chi connectivity index (χ3n) is 11.4. The van der Waals surface area contributed by atoms with E-state index >= 15 is 0 Å². The van der Waals surface area contributed by atoms with Crippen molar-refractivity contribution in [2.24, 2.45) is 0 Å². The summed E-state index contributed by atoms with van der Waals surface area (Å²) in [5, 5.41) is 6.60. The average molecular weight is 729 g/mol. The van der Waals surface area contributed by atoms with Crippen LogP contribution in [0.4, 0.5) is 0 Å². The molecule has 0 bridgehead atoms. The minimum Gasteiger partial charge on any atom is -0.455 e. The molecule has 0 radical (unpaired) electrons. The van der Waals surface area contributed by atoms with Crippen LogP contribution >= 0.6 is 0 Å². The van der Waals surface area contributed by atoms with E-state index in [-0.39, 0.29) is 0 Å². The number of fused-ring (bicyclic) bond motifs is 9. The molecule has 0 aliphatic rings. The minimum absolute atomic E-state index is 0.842. The molecule has 0 saturated carbocycles. The first kappa shape index (κ1) is 31.6. The molecule has 0 saturated heterocycles. The second-order valence-electron chi connectivity index (χ2n) is 14.7. The number of hydrogen-bond acceptors (Lipinski definition) is 3. The highest BCUT2D eigenvalue weighted by molar-refractivity contribution is 6.25. The number of nitrogens with zero attached hydrogens (tertiary/aromatic N) is 2. The van der Waals surface area contributed by atoms with Crippen molar-refractivity contribution in [3.8, 4) is 50.5 Å². The van der Waals surface area contributed by atoms with Gasteiger partial charge in [0.05, 0.1) is 16.4 Å². The summed E-state index contributed by atoms with van der Waals surface area (Å²) in [6, 6.07) is 68.5. The molecular weight excluding hydrogens is 697 g/mol. The lowest BCUT2D eigenvalue weighted by molar-refractivity contribution is 0.663. The number of imidazole rings is 1. The predicted molar refractivity (Wildman–Crippen MR) is 235 cm³/mol. The lowest BCUT2D eigenvalue weighted by Gasteiger charge is -2.13. The molecule has 3 aromatic heterocycles. The van der Waals surface area contributed by atoms with Gasteiger partial charge in [0, 0.05) is 33.0 Å². The molecule has 0 spiro atoms. The van der Waals surface area contributed by atoms with E-state index in [4.69, 9.17) is 13.8 Å². The van der Waals surface area contributed by atoms with Crippen LogP contribution in [0.25, 0.3) is 116 Å². The standard InChI is InChI=1S/C53H32N2O2/c1-2-11-33(12-3-1)34-21-23-35(24-22-34)53-54-46-17-6-7-18-47(46)55(53)41-14-10-13-36(31-41)37-25-26-39-30-40(28-27-38(39)29-37)44-32-45-42-15-4-8-19-48(42)56-52(45)50-43-16-5-9-20-49(43)57-51(44)50/h1-32H. The highest BCUT2D eigenvalue weighted by Gasteiger charge is 2.21. The topological polar surface area (TPSA) is 44.1 Å². The number of furan rings is 2. The molecule has 0 unspecified atom stereocenters. The largest absolute Gasteiger partial charge is 0.455 e. The quantitative estimate of drug-likeness (QED) is 0.177. The Morgan fingerprint density at radius 3 is 1.82 bits per heavy atom. The SMILES string of the molecule is c1ccc(-c2ccc(-c3nc4ccccc4n3-c3cccc(-c4ccc5cc(-c6cc7c8ccccc8oc7c7c6oc6ccccc67)ccc5c4)c3)cc2)cc1. The molecule has 0 fully saturated rings. The zero-order chi connectivity index (χ0) is 37.5. The van der Waals surface area contributed by atoms with Crippen molar-refractivity contribution in [1.29, 1.82) is 0 Å². The third-order valence-corrected chi connectivity index (χ3v) is 11.4. The van der Waals surface area contributed by atoms with E-state index in [0.717, 1.165) is 99.6 Å². The van der Waals surface area contributed by atoms with Crippen LogP contribution in [0, 0.1) is 0 Å². The van der Waals surface area contributed by atoms with Gasteiger partial charge in [-0.2, -0.15) is 0 Å². The first-order chi connectivity index (χ1) is 28.2. The average Bonchev–Trinajstić information content (AvgIpc) is 3.98. The number of hydrogen-bond donors (Lipinski definition) is 0. The zero-order valence-corrected chi connectivity index (χ0v) is 30.7. The van der Waals surface area contributed by atoms with Crippen molar-refractivity contribution < 1.29 is 8.83 Å². The summed E-state index contributed by atoms with van der Waals surface area (Å²) in [5.74, 6) is 0.916. The smallest absolute Gasteiger partial charge is 0.147 e. The minimum atomic E-state index is 0.842. The van der Waals surface area contributed by atoms with Gasteiger partial charge in [-0.15, -0.1) is 0 Å². The molecule has 0 aliphatic carbocycles. The maximum Gasteiger partial charge on any atom is 0.147 e. The van der Waals surface area contributed by atoms with Gasteiger partial charge in [-0.05, 0) is 93.2 Å². The van der Waals surface area contributed by atoms with Crippen LogP contribution in [0.15, 0.2) is 203 Å². The van der Waals surface area contributed by atoms with Gasteiger partial charge in [0.25, 0.3) is 0 Å². The van der Waals surface area contributed by atoms with Crippen LogP contribution in [0.1, 0.15) is 0 Å². The normalized spacial score (nSPS) is 11.9. The van der Waals surface area contributed by atoms with Crippen LogP contribution in [0.2, 0.25) is 0 Å². The van der Waals surface area contributed by atoms with Gasteiger partial charge in [0.1, 0.15) is 28.2 Å². The summed E-state index contributed by atoms with van der Waals surface area (Å²) in [6.07, 6.45) is 0. The monoisotopic (exact) mass is 728 g/mol. The van der Waals surface area contributed by atoms with Gasteiger partial charge in [-0.1, -0.05) is 140 Å². The van der Waals surface area contributed by atoms with Gasteiger partial charge in [-0.25, -0.2) is 4.98 Å². The summed E-state index contributed by atoms with van der Waals surface area (Å²) in [4.78, 5) is 5.15. The van der Waals surface area contributed by atoms with E-state index in [0.29, 0.717) is 0 Å². The predicted octanol–water partition coefficient (Wildman–Crippen LogP) is 14.6. The van der Waals surface area contributed by atoms with Crippen molar-refractivity contribution in [3.05, 3.63) is 194 Å². The fourth-order valence-corrected chi connectivity index (χ4v) is 8.62. The molecule has 12 rings (SSSR count). The van der Waals surface area contributed by atoms with E-state index in [1.54, 1.807) is 0 Å². The van der Waals surface area contributed by atoms with E-state index in [1.165, 1.54) is 16.5 Å². The lowest BCUT2D eigenvalue weighted by atomic mass is 9.95. The van der Waals surface area contributed by atoms with Crippen LogP contribution in [0.5, 0.6) is 0 Å². The number of aromatic nitrogens is 2. The number of benzene rings is 9. The van der Waals surface area contributed by atoms with Crippen LogP contribution < -0.4 is 0 Å². The number of rotatable bonds is 5. The molecule has 3 heterocycles. The second kappa shape index (κ2) is 12.4. The van der Waals surface area contributed by atoms with Gasteiger partial charge in [0.15, 0.2) is 0 Å². The Bertz CT molecular complexity index is 3510. The Morgan fingerprint density at radius 1 is 0.386 bits per heavy atom. The van der Waals surface area contributed by atoms with Crippen molar-refractivity contribution >= 4 is 65.7 Å².